The second kappa shape index (κ2) is 3.82. The van der Waals surface area contributed by atoms with Gasteiger partial charge in [-0.15, -0.1) is 0 Å². The van der Waals surface area contributed by atoms with Crippen LogP contribution in [0.2, 0.25) is 0 Å². The van der Waals surface area contributed by atoms with Gasteiger partial charge in [0.05, 0.1) is 12.1 Å². The van der Waals surface area contributed by atoms with Gasteiger partial charge in [-0.3, -0.25) is 9.36 Å². The van der Waals surface area contributed by atoms with Gasteiger partial charge in [0.15, 0.2) is 5.58 Å². The molecule has 2 rings (SSSR count). The van der Waals surface area contributed by atoms with Crippen molar-refractivity contribution >= 4 is 17.1 Å². The first-order valence-corrected chi connectivity index (χ1v) is 4.56. The number of oxazole rings is 1. The van der Waals surface area contributed by atoms with E-state index in [1.165, 1.54) is 12.1 Å². The molecule has 0 radical (unpaired) electrons. The molecule has 0 saturated heterocycles. The number of aliphatic carboxylic acids is 1. The summed E-state index contributed by atoms with van der Waals surface area (Å²) in [5.41, 5.74) is 1.27. The molecule has 1 aromatic heterocycles. The molecule has 16 heavy (non-hydrogen) atoms. The number of rotatable bonds is 3. The molecule has 0 spiro atoms. The molecular weight excluding hydrogens is 214 g/mol. The zero-order valence-electron chi connectivity index (χ0n) is 8.21. The van der Waals surface area contributed by atoms with E-state index >= 15 is 0 Å². The van der Waals surface area contributed by atoms with Crippen molar-refractivity contribution in [1.29, 1.82) is 0 Å². The first-order chi connectivity index (χ1) is 7.61. The summed E-state index contributed by atoms with van der Waals surface area (Å²) in [6.07, 6.45) is 0. The number of benzene rings is 1. The van der Waals surface area contributed by atoms with Gasteiger partial charge in [-0.05, 0) is 17.7 Å². The van der Waals surface area contributed by atoms with Crippen LogP contribution in [0, 0.1) is 0 Å². The van der Waals surface area contributed by atoms with Crippen LogP contribution < -0.4 is 5.76 Å². The number of carboxylic acid groups (broad SMARTS) is 1. The molecule has 0 aliphatic carbocycles. The molecule has 1 aromatic carbocycles. The van der Waals surface area contributed by atoms with Crippen molar-refractivity contribution in [2.24, 2.45) is 0 Å². The van der Waals surface area contributed by atoms with E-state index in [0.29, 0.717) is 16.7 Å². The van der Waals surface area contributed by atoms with Crippen LogP contribution in [0.25, 0.3) is 11.1 Å². The summed E-state index contributed by atoms with van der Waals surface area (Å²) < 4.78 is 5.87. The van der Waals surface area contributed by atoms with Gasteiger partial charge in [0.1, 0.15) is 6.54 Å². The Kier molecular flexibility index (Phi) is 2.49. The maximum absolute atomic E-state index is 11.3. The second-order valence-corrected chi connectivity index (χ2v) is 3.31. The maximum Gasteiger partial charge on any atom is 0.420 e. The van der Waals surface area contributed by atoms with Gasteiger partial charge in [0, 0.05) is 0 Å². The molecule has 6 heteroatoms. The van der Waals surface area contributed by atoms with Crippen LogP contribution in [-0.2, 0) is 17.9 Å². The maximum atomic E-state index is 11.3. The lowest BCUT2D eigenvalue weighted by Gasteiger charge is -1.98. The second-order valence-electron chi connectivity index (χ2n) is 3.31. The third kappa shape index (κ3) is 1.70. The van der Waals surface area contributed by atoms with E-state index in [9.17, 15) is 9.59 Å². The number of carboxylic acids is 1. The van der Waals surface area contributed by atoms with E-state index in [1.807, 2.05) is 0 Å². The van der Waals surface area contributed by atoms with Crippen molar-refractivity contribution in [2.45, 2.75) is 13.2 Å². The Labute approximate surface area is 89.3 Å². The fraction of sp³-hybridized carbons (Fsp3) is 0.200. The quantitative estimate of drug-likeness (QED) is 0.773. The van der Waals surface area contributed by atoms with Crippen molar-refractivity contribution in [3.05, 3.63) is 34.3 Å². The Balaban J connectivity index is 2.65. The monoisotopic (exact) mass is 223 g/mol. The summed E-state index contributed by atoms with van der Waals surface area (Å²) in [5, 5.41) is 17.6. The van der Waals surface area contributed by atoms with Crippen LogP contribution in [-0.4, -0.2) is 20.7 Å². The first kappa shape index (κ1) is 10.4. The Hall–Kier alpha value is -2.08. The van der Waals surface area contributed by atoms with Crippen molar-refractivity contribution in [1.82, 2.24) is 4.57 Å². The lowest BCUT2D eigenvalue weighted by Crippen LogP contribution is -2.19. The molecule has 0 aliphatic heterocycles. The molecule has 0 amide bonds. The molecule has 0 fully saturated rings. The molecule has 0 saturated carbocycles. The third-order valence-electron chi connectivity index (χ3n) is 2.21. The van der Waals surface area contributed by atoms with Gasteiger partial charge in [-0.1, -0.05) is 6.07 Å². The van der Waals surface area contributed by atoms with E-state index in [-0.39, 0.29) is 6.61 Å². The number of nitrogens with zero attached hydrogens (tertiary/aromatic N) is 1. The fourth-order valence-corrected chi connectivity index (χ4v) is 1.49. The fourth-order valence-electron chi connectivity index (χ4n) is 1.49. The smallest absolute Gasteiger partial charge is 0.420 e. The van der Waals surface area contributed by atoms with E-state index in [1.54, 1.807) is 6.07 Å². The Morgan fingerprint density at radius 3 is 2.81 bits per heavy atom. The molecule has 6 nitrogen and oxygen atoms in total. The highest BCUT2D eigenvalue weighted by atomic mass is 16.4. The topological polar surface area (TPSA) is 92.7 Å². The minimum absolute atomic E-state index is 0.178. The molecule has 0 aliphatic rings. The zero-order chi connectivity index (χ0) is 11.7. The SMILES string of the molecule is O=C(O)Cn1c(=O)oc2ccc(CO)cc21. The molecular formula is C10H9NO5. The standard InChI is InChI=1S/C10H9NO5/c12-5-6-1-2-8-7(3-6)11(4-9(13)14)10(15)16-8/h1-3,12H,4-5H2,(H,13,14). The van der Waals surface area contributed by atoms with Crippen LogP contribution in [0.15, 0.2) is 27.4 Å². The van der Waals surface area contributed by atoms with Gasteiger partial charge >= 0.3 is 11.7 Å². The van der Waals surface area contributed by atoms with Crippen LogP contribution in [0.5, 0.6) is 0 Å². The number of hydrogen-bond donors (Lipinski definition) is 2. The Morgan fingerprint density at radius 1 is 1.44 bits per heavy atom. The van der Waals surface area contributed by atoms with E-state index in [2.05, 4.69) is 0 Å². The van der Waals surface area contributed by atoms with Crippen molar-refractivity contribution in [3.8, 4) is 0 Å². The number of aromatic nitrogens is 1. The summed E-state index contributed by atoms with van der Waals surface area (Å²) in [6.45, 7) is -0.636. The van der Waals surface area contributed by atoms with Crippen molar-refractivity contribution in [3.63, 3.8) is 0 Å². The summed E-state index contributed by atoms with van der Waals surface area (Å²) in [4.78, 5) is 21.9. The van der Waals surface area contributed by atoms with Gasteiger partial charge in [0.2, 0.25) is 0 Å². The number of aliphatic hydroxyl groups is 1. The van der Waals surface area contributed by atoms with E-state index in [0.717, 1.165) is 4.57 Å². The lowest BCUT2D eigenvalue weighted by atomic mass is 10.2. The van der Waals surface area contributed by atoms with Crippen LogP contribution in [0.3, 0.4) is 0 Å². The lowest BCUT2D eigenvalue weighted by molar-refractivity contribution is -0.137. The summed E-state index contributed by atoms with van der Waals surface area (Å²) in [5.74, 6) is -1.84. The highest BCUT2D eigenvalue weighted by molar-refractivity contribution is 5.76. The average molecular weight is 223 g/mol. The molecule has 1 heterocycles. The van der Waals surface area contributed by atoms with E-state index < -0.39 is 18.3 Å². The number of fused-ring (bicyclic) bond motifs is 1. The molecule has 84 valence electrons. The van der Waals surface area contributed by atoms with Crippen LogP contribution in [0.1, 0.15) is 5.56 Å². The number of carbonyl (C=O) groups is 1. The van der Waals surface area contributed by atoms with Crippen LogP contribution in [0.4, 0.5) is 0 Å². The number of aliphatic hydroxyl groups excluding tert-OH is 1. The molecule has 0 unspecified atom stereocenters. The average Bonchev–Trinajstić information content (AvgIpc) is 2.54. The van der Waals surface area contributed by atoms with Gasteiger partial charge in [-0.25, -0.2) is 4.79 Å². The minimum Gasteiger partial charge on any atom is -0.480 e. The summed E-state index contributed by atoms with van der Waals surface area (Å²) >= 11 is 0. The van der Waals surface area contributed by atoms with Crippen molar-refractivity contribution < 1.29 is 19.4 Å². The Morgan fingerprint density at radius 2 is 2.19 bits per heavy atom. The predicted molar refractivity (Wildman–Crippen MR) is 54.0 cm³/mol. The minimum atomic E-state index is -1.13. The third-order valence-corrected chi connectivity index (χ3v) is 2.21. The van der Waals surface area contributed by atoms with Crippen molar-refractivity contribution in [2.75, 3.05) is 0 Å². The van der Waals surface area contributed by atoms with Crippen LogP contribution >= 0.6 is 0 Å². The Bertz CT molecular complexity index is 595. The predicted octanol–water partition coefficient (Wildman–Crippen LogP) is 0.171. The van der Waals surface area contributed by atoms with Gasteiger partial charge in [0.25, 0.3) is 0 Å². The largest absolute Gasteiger partial charge is 0.480 e. The van der Waals surface area contributed by atoms with E-state index in [4.69, 9.17) is 14.6 Å². The van der Waals surface area contributed by atoms with Gasteiger partial charge in [-0.2, -0.15) is 0 Å². The molecule has 0 atom stereocenters. The molecule has 0 bridgehead atoms. The number of hydrogen-bond acceptors (Lipinski definition) is 4. The highest BCUT2D eigenvalue weighted by Crippen LogP contribution is 2.15. The first-order valence-electron chi connectivity index (χ1n) is 4.56. The molecule has 2 aromatic rings. The summed E-state index contributed by atoms with van der Waals surface area (Å²) in [7, 11) is 0. The molecule has 2 N–H and O–H groups in total. The normalized spacial score (nSPS) is 10.8. The highest BCUT2D eigenvalue weighted by Gasteiger charge is 2.12. The zero-order valence-corrected chi connectivity index (χ0v) is 8.21. The summed E-state index contributed by atoms with van der Waals surface area (Å²) in [6, 6.07) is 4.67. The van der Waals surface area contributed by atoms with Gasteiger partial charge < -0.3 is 14.6 Å².